The van der Waals surface area contributed by atoms with E-state index < -0.39 is 6.10 Å². The SMILES string of the molecule is O=C(NCCNC(=O)[C@H]1CC(c2ccc(Cl)s2)=NO1)C1CC1. The molecule has 2 aliphatic rings. The van der Waals surface area contributed by atoms with Crippen LogP contribution in [0.1, 0.15) is 24.1 Å². The van der Waals surface area contributed by atoms with E-state index in [1.807, 2.05) is 6.07 Å². The molecule has 0 aromatic carbocycles. The van der Waals surface area contributed by atoms with Crippen molar-refractivity contribution in [3.05, 3.63) is 21.3 Å². The van der Waals surface area contributed by atoms with Crippen molar-refractivity contribution in [2.75, 3.05) is 13.1 Å². The van der Waals surface area contributed by atoms with Crippen LogP contribution in [0, 0.1) is 5.92 Å². The van der Waals surface area contributed by atoms with Gasteiger partial charge in [-0.1, -0.05) is 16.8 Å². The number of amides is 2. The second-order valence-electron chi connectivity index (χ2n) is 5.30. The zero-order chi connectivity index (χ0) is 15.5. The van der Waals surface area contributed by atoms with Crippen molar-refractivity contribution in [1.29, 1.82) is 0 Å². The summed E-state index contributed by atoms with van der Waals surface area (Å²) < 4.78 is 0.678. The topological polar surface area (TPSA) is 79.8 Å². The lowest BCUT2D eigenvalue weighted by atomic mass is 10.1. The monoisotopic (exact) mass is 341 g/mol. The summed E-state index contributed by atoms with van der Waals surface area (Å²) in [7, 11) is 0. The van der Waals surface area contributed by atoms with E-state index in [9.17, 15) is 9.59 Å². The maximum absolute atomic E-state index is 12.0. The van der Waals surface area contributed by atoms with Crippen LogP contribution in [0.25, 0.3) is 0 Å². The van der Waals surface area contributed by atoms with E-state index in [2.05, 4.69) is 15.8 Å². The summed E-state index contributed by atoms with van der Waals surface area (Å²) in [6.07, 6.45) is 1.76. The maximum Gasteiger partial charge on any atom is 0.264 e. The third-order valence-corrected chi connectivity index (χ3v) is 4.77. The van der Waals surface area contributed by atoms with Crippen molar-refractivity contribution in [3.8, 4) is 0 Å². The number of halogens is 1. The van der Waals surface area contributed by atoms with Crippen LogP contribution in [0.15, 0.2) is 17.3 Å². The minimum Gasteiger partial charge on any atom is -0.382 e. The molecular weight excluding hydrogens is 326 g/mol. The Morgan fingerprint density at radius 1 is 1.27 bits per heavy atom. The van der Waals surface area contributed by atoms with Crippen molar-refractivity contribution in [3.63, 3.8) is 0 Å². The second kappa shape index (κ2) is 6.66. The summed E-state index contributed by atoms with van der Waals surface area (Å²) in [5.74, 6) is 0.0380. The highest BCUT2D eigenvalue weighted by Crippen LogP contribution is 2.28. The fraction of sp³-hybridized carbons (Fsp3) is 0.500. The molecule has 1 aromatic heterocycles. The molecule has 0 bridgehead atoms. The minimum atomic E-state index is -0.616. The lowest BCUT2D eigenvalue weighted by molar-refractivity contribution is -0.131. The van der Waals surface area contributed by atoms with E-state index in [0.717, 1.165) is 23.4 Å². The van der Waals surface area contributed by atoms with Gasteiger partial charge in [-0.15, -0.1) is 11.3 Å². The molecule has 0 spiro atoms. The van der Waals surface area contributed by atoms with E-state index in [1.54, 1.807) is 6.07 Å². The Hall–Kier alpha value is -1.60. The van der Waals surface area contributed by atoms with Crippen LogP contribution in [0.4, 0.5) is 0 Å². The van der Waals surface area contributed by atoms with Gasteiger partial charge in [-0.3, -0.25) is 9.59 Å². The van der Waals surface area contributed by atoms with Crippen LogP contribution in [0.5, 0.6) is 0 Å². The van der Waals surface area contributed by atoms with Crippen LogP contribution in [-0.4, -0.2) is 36.7 Å². The van der Waals surface area contributed by atoms with Crippen LogP contribution in [-0.2, 0) is 14.4 Å². The van der Waals surface area contributed by atoms with Gasteiger partial charge in [0.1, 0.15) is 5.71 Å². The Bertz CT molecular complexity index is 612. The number of carbonyl (C=O) groups excluding carboxylic acids is 2. The lowest BCUT2D eigenvalue weighted by Crippen LogP contribution is -2.40. The molecule has 2 amide bonds. The highest BCUT2D eigenvalue weighted by Gasteiger charge is 2.30. The number of hydrogen-bond acceptors (Lipinski definition) is 5. The molecular formula is C14H16ClN3O3S. The first-order chi connectivity index (χ1) is 10.6. The Morgan fingerprint density at radius 2 is 2.00 bits per heavy atom. The Morgan fingerprint density at radius 3 is 2.64 bits per heavy atom. The molecule has 2 heterocycles. The van der Waals surface area contributed by atoms with Gasteiger partial charge in [0.05, 0.1) is 9.21 Å². The highest BCUT2D eigenvalue weighted by atomic mass is 35.5. The first kappa shape index (κ1) is 15.3. The highest BCUT2D eigenvalue weighted by molar-refractivity contribution is 7.18. The van der Waals surface area contributed by atoms with Gasteiger partial charge >= 0.3 is 0 Å². The molecule has 3 rings (SSSR count). The number of oxime groups is 1. The molecule has 118 valence electrons. The molecule has 0 radical (unpaired) electrons. The quantitative estimate of drug-likeness (QED) is 0.770. The van der Waals surface area contributed by atoms with Crippen molar-refractivity contribution < 1.29 is 14.4 Å². The largest absolute Gasteiger partial charge is 0.382 e. The van der Waals surface area contributed by atoms with Gasteiger partial charge in [0.25, 0.3) is 5.91 Å². The van der Waals surface area contributed by atoms with E-state index in [-0.39, 0.29) is 17.7 Å². The molecule has 8 heteroatoms. The van der Waals surface area contributed by atoms with Crippen LogP contribution in [0.3, 0.4) is 0 Å². The van der Waals surface area contributed by atoms with Gasteiger partial charge in [0.15, 0.2) is 0 Å². The number of thiophene rings is 1. The lowest BCUT2D eigenvalue weighted by Gasteiger charge is -2.10. The van der Waals surface area contributed by atoms with E-state index in [1.165, 1.54) is 11.3 Å². The summed E-state index contributed by atoms with van der Waals surface area (Å²) in [5, 5.41) is 9.48. The standard InChI is InChI=1S/C14H16ClN3O3S/c15-12-4-3-11(22-12)9-7-10(21-18-9)14(20)17-6-5-16-13(19)8-1-2-8/h3-4,8,10H,1-2,5-7H2,(H,16,19)(H,17,20)/t10-/m1/s1. The fourth-order valence-electron chi connectivity index (χ4n) is 2.11. The summed E-state index contributed by atoms with van der Waals surface area (Å²) in [4.78, 5) is 29.5. The van der Waals surface area contributed by atoms with Crippen molar-refractivity contribution >= 4 is 40.5 Å². The molecule has 1 fully saturated rings. The molecule has 1 aliphatic heterocycles. The van der Waals surface area contributed by atoms with E-state index in [4.69, 9.17) is 16.4 Å². The zero-order valence-electron chi connectivity index (χ0n) is 11.8. The molecule has 1 atom stereocenters. The van der Waals surface area contributed by atoms with Gasteiger partial charge < -0.3 is 15.5 Å². The van der Waals surface area contributed by atoms with Crippen molar-refractivity contribution in [2.45, 2.75) is 25.4 Å². The first-order valence-corrected chi connectivity index (χ1v) is 8.37. The second-order valence-corrected chi connectivity index (χ2v) is 7.01. The van der Waals surface area contributed by atoms with E-state index >= 15 is 0 Å². The van der Waals surface area contributed by atoms with Crippen LogP contribution < -0.4 is 10.6 Å². The van der Waals surface area contributed by atoms with Gasteiger partial charge in [0, 0.05) is 25.4 Å². The Kier molecular flexibility index (Phi) is 4.63. The minimum absolute atomic E-state index is 0.0755. The first-order valence-electron chi connectivity index (χ1n) is 7.17. The summed E-state index contributed by atoms with van der Waals surface area (Å²) >= 11 is 7.29. The van der Waals surface area contributed by atoms with E-state index in [0.29, 0.717) is 23.8 Å². The predicted octanol–water partition coefficient (Wildman–Crippen LogP) is 1.54. The van der Waals surface area contributed by atoms with Crippen LogP contribution in [0.2, 0.25) is 4.34 Å². The van der Waals surface area contributed by atoms with Crippen molar-refractivity contribution in [2.24, 2.45) is 11.1 Å². The summed E-state index contributed by atoms with van der Waals surface area (Å²) in [5.41, 5.74) is 0.735. The van der Waals surface area contributed by atoms with Gasteiger partial charge in [-0.2, -0.15) is 0 Å². The molecule has 2 N–H and O–H groups in total. The fourth-order valence-corrected chi connectivity index (χ4v) is 3.14. The number of nitrogens with zero attached hydrogens (tertiary/aromatic N) is 1. The van der Waals surface area contributed by atoms with Crippen molar-refractivity contribution in [1.82, 2.24) is 10.6 Å². The number of carbonyl (C=O) groups is 2. The van der Waals surface area contributed by atoms with Gasteiger partial charge in [-0.25, -0.2) is 0 Å². The number of hydrogen-bond donors (Lipinski definition) is 2. The maximum atomic E-state index is 12.0. The molecule has 22 heavy (non-hydrogen) atoms. The Labute approximate surface area is 136 Å². The average molecular weight is 342 g/mol. The predicted molar refractivity (Wildman–Crippen MR) is 84.1 cm³/mol. The zero-order valence-corrected chi connectivity index (χ0v) is 13.4. The van der Waals surface area contributed by atoms with Gasteiger partial charge in [-0.05, 0) is 25.0 Å². The molecule has 0 unspecified atom stereocenters. The molecule has 1 aliphatic carbocycles. The summed E-state index contributed by atoms with van der Waals surface area (Å²) in [6.45, 7) is 0.819. The smallest absolute Gasteiger partial charge is 0.264 e. The summed E-state index contributed by atoms with van der Waals surface area (Å²) in [6, 6.07) is 3.66. The third kappa shape index (κ3) is 3.78. The molecule has 1 aromatic rings. The average Bonchev–Trinajstić information content (AvgIpc) is 3.08. The Balaban J connectivity index is 1.38. The third-order valence-electron chi connectivity index (χ3n) is 3.49. The number of nitrogens with one attached hydrogen (secondary N) is 2. The molecule has 1 saturated carbocycles. The normalized spacial score (nSPS) is 20.2. The molecule has 0 saturated heterocycles. The van der Waals surface area contributed by atoms with Gasteiger partial charge in [0.2, 0.25) is 12.0 Å². The number of rotatable bonds is 6. The molecule has 6 nitrogen and oxygen atoms in total. The van der Waals surface area contributed by atoms with Crippen LogP contribution >= 0.6 is 22.9 Å².